The van der Waals surface area contributed by atoms with Crippen LogP contribution in [0.5, 0.6) is 0 Å². The summed E-state index contributed by atoms with van der Waals surface area (Å²) in [6, 6.07) is 0.0196. The molecule has 1 atom stereocenters. The van der Waals surface area contributed by atoms with Gasteiger partial charge in [-0.25, -0.2) is 19.9 Å². The summed E-state index contributed by atoms with van der Waals surface area (Å²) in [5, 5.41) is 3.18. The van der Waals surface area contributed by atoms with Gasteiger partial charge in [-0.3, -0.25) is 9.36 Å². The zero-order valence-corrected chi connectivity index (χ0v) is 17.2. The van der Waals surface area contributed by atoms with Crippen LogP contribution in [0.25, 0.3) is 11.2 Å². The number of aromatic nitrogens is 6. The fourth-order valence-electron chi connectivity index (χ4n) is 3.10. The highest BCUT2D eigenvalue weighted by Crippen LogP contribution is 2.39. The van der Waals surface area contributed by atoms with E-state index in [1.807, 2.05) is 6.92 Å². The number of halogens is 1. The van der Waals surface area contributed by atoms with Gasteiger partial charge in [-0.1, -0.05) is 6.92 Å². The molecular formula is C18H20ClN7OS. The summed E-state index contributed by atoms with van der Waals surface area (Å²) in [7, 11) is 0. The summed E-state index contributed by atoms with van der Waals surface area (Å²) in [6.45, 7) is 4.42. The fraction of sp³-hybridized carbons (Fsp3) is 0.444. The topological polar surface area (TPSA) is 98.5 Å². The number of nitrogens with zero attached hydrogens (tertiary/aromatic N) is 6. The number of nitrogens with one attached hydrogen (secondary N) is 1. The third-order valence-corrected chi connectivity index (χ3v) is 5.74. The van der Waals surface area contributed by atoms with Crippen LogP contribution in [-0.4, -0.2) is 35.2 Å². The first-order chi connectivity index (χ1) is 13.6. The van der Waals surface area contributed by atoms with Crippen LogP contribution in [0.3, 0.4) is 0 Å². The lowest BCUT2D eigenvalue weighted by Crippen LogP contribution is -2.29. The van der Waals surface area contributed by atoms with Crippen LogP contribution in [0.1, 0.15) is 38.6 Å². The maximum Gasteiger partial charge on any atom is 0.295 e. The summed E-state index contributed by atoms with van der Waals surface area (Å²) >= 11 is 7.64. The minimum absolute atomic E-state index is 0.0196. The normalized spacial score (nSPS) is 15.0. The van der Waals surface area contributed by atoms with Crippen molar-refractivity contribution in [2.24, 2.45) is 5.92 Å². The second kappa shape index (κ2) is 8.00. The molecule has 1 aliphatic carbocycles. The van der Waals surface area contributed by atoms with Gasteiger partial charge in [0.1, 0.15) is 11.3 Å². The van der Waals surface area contributed by atoms with E-state index in [4.69, 9.17) is 11.6 Å². The molecule has 0 saturated heterocycles. The van der Waals surface area contributed by atoms with Crippen molar-refractivity contribution in [2.75, 3.05) is 11.1 Å². The van der Waals surface area contributed by atoms with Gasteiger partial charge in [0.2, 0.25) is 5.28 Å². The second-order valence-electron chi connectivity index (χ2n) is 6.68. The number of hydrogen-bond acceptors (Lipinski definition) is 8. The summed E-state index contributed by atoms with van der Waals surface area (Å²) in [5.41, 5.74) is 0.765. The number of hydrogen-bond donors (Lipinski definition) is 1. The van der Waals surface area contributed by atoms with Gasteiger partial charge < -0.3 is 5.32 Å². The van der Waals surface area contributed by atoms with Gasteiger partial charge in [0.25, 0.3) is 5.56 Å². The van der Waals surface area contributed by atoms with Crippen LogP contribution >= 0.6 is 23.4 Å². The summed E-state index contributed by atoms with van der Waals surface area (Å²) in [6.07, 6.45) is 7.33. The third kappa shape index (κ3) is 3.95. The average Bonchev–Trinajstić information content (AvgIpc) is 3.53. The Kier molecular flexibility index (Phi) is 5.45. The van der Waals surface area contributed by atoms with E-state index < -0.39 is 0 Å². The van der Waals surface area contributed by atoms with Crippen LogP contribution in [0.4, 0.5) is 5.82 Å². The van der Waals surface area contributed by atoms with E-state index in [1.54, 1.807) is 34.9 Å². The van der Waals surface area contributed by atoms with Crippen molar-refractivity contribution in [2.45, 2.75) is 44.2 Å². The SMILES string of the molecule is CCSc1cnc(CNc2nc3cnc(Cl)nc3n([C@@H](C)C3CC3)c2=O)nc1. The molecule has 0 spiro atoms. The van der Waals surface area contributed by atoms with Gasteiger partial charge in [-0.15, -0.1) is 11.8 Å². The molecule has 3 aromatic heterocycles. The highest BCUT2D eigenvalue weighted by atomic mass is 35.5. The molecule has 0 amide bonds. The second-order valence-corrected chi connectivity index (χ2v) is 8.36. The Hall–Kier alpha value is -2.26. The monoisotopic (exact) mass is 417 g/mol. The highest BCUT2D eigenvalue weighted by Gasteiger charge is 2.31. The van der Waals surface area contributed by atoms with E-state index in [1.165, 1.54) is 0 Å². The Labute approximate surface area is 171 Å². The molecule has 28 heavy (non-hydrogen) atoms. The highest BCUT2D eigenvalue weighted by molar-refractivity contribution is 7.99. The molecule has 1 saturated carbocycles. The van der Waals surface area contributed by atoms with E-state index in [-0.39, 0.29) is 22.7 Å². The van der Waals surface area contributed by atoms with E-state index in [9.17, 15) is 4.79 Å². The Morgan fingerprint density at radius 2 is 2.00 bits per heavy atom. The largest absolute Gasteiger partial charge is 0.358 e. The molecular weight excluding hydrogens is 398 g/mol. The van der Waals surface area contributed by atoms with Crippen molar-refractivity contribution < 1.29 is 0 Å². The van der Waals surface area contributed by atoms with Crippen molar-refractivity contribution in [1.82, 2.24) is 29.5 Å². The van der Waals surface area contributed by atoms with Crippen molar-refractivity contribution in [3.8, 4) is 0 Å². The lowest BCUT2D eigenvalue weighted by atomic mass is 10.2. The zero-order chi connectivity index (χ0) is 19.7. The molecule has 8 nitrogen and oxygen atoms in total. The van der Waals surface area contributed by atoms with Crippen LogP contribution in [0, 0.1) is 5.92 Å². The van der Waals surface area contributed by atoms with E-state index in [2.05, 4.69) is 37.2 Å². The number of fused-ring (bicyclic) bond motifs is 1. The molecule has 4 rings (SSSR count). The Balaban J connectivity index is 1.66. The summed E-state index contributed by atoms with van der Waals surface area (Å²) < 4.78 is 1.68. The van der Waals surface area contributed by atoms with Gasteiger partial charge in [-0.2, -0.15) is 4.98 Å². The molecule has 3 heterocycles. The molecule has 146 valence electrons. The predicted molar refractivity (Wildman–Crippen MR) is 110 cm³/mol. The Morgan fingerprint density at radius 3 is 2.68 bits per heavy atom. The van der Waals surface area contributed by atoms with Crippen LogP contribution in [0.15, 0.2) is 28.3 Å². The molecule has 1 aliphatic rings. The fourth-order valence-corrected chi connectivity index (χ4v) is 3.82. The van der Waals surface area contributed by atoms with Gasteiger partial charge in [-0.05, 0) is 43.0 Å². The molecule has 1 fully saturated rings. The molecule has 0 aromatic carbocycles. The van der Waals surface area contributed by atoms with Crippen LogP contribution < -0.4 is 10.9 Å². The first-order valence-corrected chi connectivity index (χ1v) is 10.6. The maximum atomic E-state index is 13.1. The van der Waals surface area contributed by atoms with E-state index in [0.717, 1.165) is 23.5 Å². The van der Waals surface area contributed by atoms with Crippen molar-refractivity contribution >= 4 is 40.3 Å². The van der Waals surface area contributed by atoms with E-state index in [0.29, 0.717) is 29.5 Å². The minimum atomic E-state index is -0.222. The first-order valence-electron chi connectivity index (χ1n) is 9.19. The van der Waals surface area contributed by atoms with Crippen molar-refractivity contribution in [3.63, 3.8) is 0 Å². The van der Waals surface area contributed by atoms with Crippen LogP contribution in [-0.2, 0) is 6.54 Å². The quantitative estimate of drug-likeness (QED) is 0.461. The van der Waals surface area contributed by atoms with Crippen molar-refractivity contribution in [3.05, 3.63) is 40.1 Å². The lowest BCUT2D eigenvalue weighted by molar-refractivity contribution is 0.482. The molecule has 0 aliphatic heterocycles. The third-order valence-electron chi connectivity index (χ3n) is 4.72. The maximum absolute atomic E-state index is 13.1. The lowest BCUT2D eigenvalue weighted by Gasteiger charge is -2.18. The van der Waals surface area contributed by atoms with Gasteiger partial charge >= 0.3 is 0 Å². The van der Waals surface area contributed by atoms with Gasteiger partial charge in [0.15, 0.2) is 11.5 Å². The molecule has 3 aromatic rings. The Bertz CT molecular complexity index is 1050. The number of anilines is 1. The summed E-state index contributed by atoms with van der Waals surface area (Å²) in [5.74, 6) is 2.27. The van der Waals surface area contributed by atoms with Crippen molar-refractivity contribution in [1.29, 1.82) is 0 Å². The standard InChI is InChI=1S/C18H20ClN7OS/c1-3-28-12-6-20-14(21-7-12)9-22-15-17(27)26(10(2)11-4-5-11)16-13(24-15)8-23-18(19)25-16/h6-8,10-11H,3-5,9H2,1-2H3,(H,22,24)/t10-/m0/s1. The van der Waals surface area contributed by atoms with Gasteiger partial charge in [0.05, 0.1) is 12.7 Å². The zero-order valence-electron chi connectivity index (χ0n) is 15.6. The number of rotatable bonds is 7. The molecule has 0 radical (unpaired) electrons. The molecule has 1 N–H and O–H groups in total. The van der Waals surface area contributed by atoms with E-state index >= 15 is 0 Å². The Morgan fingerprint density at radius 1 is 1.25 bits per heavy atom. The minimum Gasteiger partial charge on any atom is -0.358 e. The molecule has 0 unspecified atom stereocenters. The van der Waals surface area contributed by atoms with Gasteiger partial charge in [0, 0.05) is 23.3 Å². The smallest absolute Gasteiger partial charge is 0.295 e. The first kappa shape index (κ1) is 19.1. The summed E-state index contributed by atoms with van der Waals surface area (Å²) in [4.78, 5) is 35.5. The number of thioether (sulfide) groups is 1. The molecule has 10 heteroatoms. The predicted octanol–water partition coefficient (Wildman–Crippen LogP) is 3.33. The molecule has 0 bridgehead atoms. The average molecular weight is 418 g/mol. The van der Waals surface area contributed by atoms with Crippen LogP contribution in [0.2, 0.25) is 5.28 Å².